The highest BCUT2D eigenvalue weighted by atomic mass is 15.2. The third-order valence-electron chi connectivity index (χ3n) is 4.30. The molecule has 1 unspecified atom stereocenters. The Bertz CT molecular complexity index is 607. The molecule has 0 aromatic carbocycles. The van der Waals surface area contributed by atoms with Crippen LogP contribution in [0.2, 0.25) is 0 Å². The van der Waals surface area contributed by atoms with E-state index in [0.29, 0.717) is 6.04 Å². The van der Waals surface area contributed by atoms with Gasteiger partial charge in [0.15, 0.2) is 0 Å². The van der Waals surface area contributed by atoms with Crippen LogP contribution < -0.4 is 0 Å². The van der Waals surface area contributed by atoms with Crippen LogP contribution in [0.3, 0.4) is 0 Å². The van der Waals surface area contributed by atoms with Gasteiger partial charge in [0.1, 0.15) is 5.82 Å². The van der Waals surface area contributed by atoms with Crippen molar-refractivity contribution in [1.29, 1.82) is 0 Å². The summed E-state index contributed by atoms with van der Waals surface area (Å²) in [6, 6.07) is 0.384. The second-order valence-corrected chi connectivity index (χ2v) is 6.17. The topological polar surface area (TPSA) is 57.7 Å². The molecule has 2 aromatic rings. The minimum absolute atomic E-state index is 0.384. The number of hydrogen-bond acceptors (Lipinski definition) is 4. The largest absolute Gasteiger partial charge is 0.345 e. The van der Waals surface area contributed by atoms with Crippen LogP contribution in [-0.4, -0.2) is 31.4 Å². The number of rotatable bonds is 6. The SMILES string of the molecule is CCCCc1ncc(CN2CCCC2c2cncc(C)n2)[nH]1. The number of aromatic nitrogens is 4. The zero-order valence-corrected chi connectivity index (χ0v) is 13.5. The molecular weight excluding hydrogens is 274 g/mol. The Kier molecular flexibility index (Phi) is 4.83. The Balaban J connectivity index is 1.67. The monoisotopic (exact) mass is 299 g/mol. The molecule has 0 bridgehead atoms. The quantitative estimate of drug-likeness (QED) is 0.890. The second kappa shape index (κ2) is 7.01. The molecule has 0 saturated carbocycles. The Morgan fingerprint density at radius 2 is 2.23 bits per heavy atom. The predicted octanol–water partition coefficient (Wildman–Crippen LogP) is 3.19. The Hall–Kier alpha value is -1.75. The maximum atomic E-state index is 4.66. The second-order valence-electron chi connectivity index (χ2n) is 6.17. The highest BCUT2D eigenvalue weighted by Gasteiger charge is 2.27. The van der Waals surface area contributed by atoms with Crippen LogP contribution >= 0.6 is 0 Å². The number of hydrogen-bond donors (Lipinski definition) is 1. The summed E-state index contributed by atoms with van der Waals surface area (Å²) < 4.78 is 0. The zero-order chi connectivity index (χ0) is 15.4. The summed E-state index contributed by atoms with van der Waals surface area (Å²) in [6.07, 6.45) is 11.5. The molecule has 0 radical (unpaired) electrons. The van der Waals surface area contributed by atoms with Gasteiger partial charge in [0, 0.05) is 37.3 Å². The fraction of sp³-hybridized carbons (Fsp3) is 0.588. The van der Waals surface area contributed by atoms with E-state index in [-0.39, 0.29) is 0 Å². The molecule has 5 nitrogen and oxygen atoms in total. The van der Waals surface area contributed by atoms with E-state index in [9.17, 15) is 0 Å². The van der Waals surface area contributed by atoms with Crippen molar-refractivity contribution in [3.63, 3.8) is 0 Å². The number of imidazole rings is 1. The molecular formula is C17H25N5. The fourth-order valence-electron chi connectivity index (χ4n) is 3.17. The standard InChI is InChI=1S/C17H25N5/c1-3-4-7-17-19-10-14(21-17)12-22-8-5-6-16(22)15-11-18-9-13(2)20-15/h9-11,16H,3-8,12H2,1-2H3,(H,19,21). The molecule has 1 aliphatic heterocycles. The van der Waals surface area contributed by atoms with E-state index < -0.39 is 0 Å². The van der Waals surface area contributed by atoms with Gasteiger partial charge in [-0.2, -0.15) is 0 Å². The van der Waals surface area contributed by atoms with E-state index in [4.69, 9.17) is 0 Å². The van der Waals surface area contributed by atoms with Crippen molar-refractivity contribution in [1.82, 2.24) is 24.8 Å². The summed E-state index contributed by atoms with van der Waals surface area (Å²) in [7, 11) is 0. The molecule has 0 amide bonds. The molecule has 0 aliphatic carbocycles. The van der Waals surface area contributed by atoms with Gasteiger partial charge in [-0.05, 0) is 32.7 Å². The molecule has 1 atom stereocenters. The van der Waals surface area contributed by atoms with Crippen molar-refractivity contribution in [2.45, 2.75) is 58.5 Å². The average Bonchev–Trinajstić information content (AvgIpc) is 3.15. The summed E-state index contributed by atoms with van der Waals surface area (Å²) >= 11 is 0. The van der Waals surface area contributed by atoms with E-state index in [1.807, 2.05) is 25.5 Å². The minimum Gasteiger partial charge on any atom is -0.345 e. The normalized spacial score (nSPS) is 18.9. The van der Waals surface area contributed by atoms with Crippen LogP contribution in [0.1, 0.15) is 61.6 Å². The lowest BCUT2D eigenvalue weighted by Crippen LogP contribution is -2.24. The lowest BCUT2D eigenvalue weighted by atomic mass is 10.1. The van der Waals surface area contributed by atoms with Crippen molar-refractivity contribution in [3.8, 4) is 0 Å². The van der Waals surface area contributed by atoms with E-state index in [1.54, 1.807) is 0 Å². The van der Waals surface area contributed by atoms with Crippen molar-refractivity contribution < 1.29 is 0 Å². The molecule has 2 aromatic heterocycles. The van der Waals surface area contributed by atoms with Gasteiger partial charge in [-0.25, -0.2) is 4.98 Å². The maximum Gasteiger partial charge on any atom is 0.106 e. The van der Waals surface area contributed by atoms with E-state index >= 15 is 0 Å². The first kappa shape index (κ1) is 15.2. The molecule has 1 N–H and O–H groups in total. The van der Waals surface area contributed by atoms with Crippen molar-refractivity contribution in [3.05, 3.63) is 41.5 Å². The lowest BCUT2D eigenvalue weighted by Gasteiger charge is -2.23. The van der Waals surface area contributed by atoms with E-state index in [2.05, 4.69) is 31.8 Å². The molecule has 5 heteroatoms. The van der Waals surface area contributed by atoms with E-state index in [1.165, 1.54) is 25.0 Å². The van der Waals surface area contributed by atoms with Gasteiger partial charge >= 0.3 is 0 Å². The fourth-order valence-corrected chi connectivity index (χ4v) is 3.17. The number of H-pyrrole nitrogens is 1. The van der Waals surface area contributed by atoms with Crippen molar-refractivity contribution in [2.24, 2.45) is 0 Å². The van der Waals surface area contributed by atoms with Crippen LogP contribution in [0.4, 0.5) is 0 Å². The smallest absolute Gasteiger partial charge is 0.106 e. The average molecular weight is 299 g/mol. The molecule has 118 valence electrons. The first-order valence-electron chi connectivity index (χ1n) is 8.31. The number of aryl methyl sites for hydroxylation is 2. The maximum absolute atomic E-state index is 4.66. The summed E-state index contributed by atoms with van der Waals surface area (Å²) in [6.45, 7) is 6.25. The van der Waals surface area contributed by atoms with Crippen molar-refractivity contribution >= 4 is 0 Å². The summed E-state index contributed by atoms with van der Waals surface area (Å²) in [5.41, 5.74) is 3.30. The molecule has 1 fully saturated rings. The minimum atomic E-state index is 0.384. The van der Waals surface area contributed by atoms with Crippen LogP contribution in [0, 0.1) is 6.92 Å². The number of likely N-dealkylation sites (tertiary alicyclic amines) is 1. The molecule has 3 rings (SSSR count). The summed E-state index contributed by atoms with van der Waals surface area (Å²) in [4.78, 5) is 19.4. The number of nitrogens with one attached hydrogen (secondary N) is 1. The first-order chi connectivity index (χ1) is 10.8. The zero-order valence-electron chi connectivity index (χ0n) is 13.5. The third-order valence-corrected chi connectivity index (χ3v) is 4.30. The Morgan fingerprint density at radius 1 is 1.32 bits per heavy atom. The van der Waals surface area contributed by atoms with Crippen LogP contribution in [-0.2, 0) is 13.0 Å². The molecule has 22 heavy (non-hydrogen) atoms. The molecule has 1 aliphatic rings. The van der Waals surface area contributed by atoms with Crippen LogP contribution in [0.25, 0.3) is 0 Å². The number of aromatic amines is 1. The third kappa shape index (κ3) is 3.53. The predicted molar refractivity (Wildman–Crippen MR) is 86.4 cm³/mol. The Labute approximate surface area is 132 Å². The van der Waals surface area contributed by atoms with Crippen LogP contribution in [0.15, 0.2) is 18.6 Å². The van der Waals surface area contributed by atoms with Gasteiger partial charge in [-0.15, -0.1) is 0 Å². The van der Waals surface area contributed by atoms with Gasteiger partial charge in [0.05, 0.1) is 17.4 Å². The highest BCUT2D eigenvalue weighted by Crippen LogP contribution is 2.31. The summed E-state index contributed by atoms with van der Waals surface area (Å²) in [5.74, 6) is 1.11. The van der Waals surface area contributed by atoms with Gasteiger partial charge in [-0.3, -0.25) is 14.9 Å². The highest BCUT2D eigenvalue weighted by molar-refractivity contribution is 5.10. The molecule has 3 heterocycles. The molecule has 0 spiro atoms. The van der Waals surface area contributed by atoms with Crippen molar-refractivity contribution in [2.75, 3.05) is 6.54 Å². The lowest BCUT2D eigenvalue weighted by molar-refractivity contribution is 0.241. The van der Waals surface area contributed by atoms with E-state index in [0.717, 1.165) is 43.1 Å². The number of nitrogens with zero attached hydrogens (tertiary/aromatic N) is 4. The first-order valence-corrected chi connectivity index (χ1v) is 8.31. The van der Waals surface area contributed by atoms with Gasteiger partial charge in [0.2, 0.25) is 0 Å². The molecule has 1 saturated heterocycles. The summed E-state index contributed by atoms with van der Waals surface area (Å²) in [5, 5.41) is 0. The van der Waals surface area contributed by atoms with Crippen LogP contribution in [0.5, 0.6) is 0 Å². The number of unbranched alkanes of at least 4 members (excludes halogenated alkanes) is 1. The van der Waals surface area contributed by atoms with Gasteiger partial charge in [0.25, 0.3) is 0 Å². The van der Waals surface area contributed by atoms with Gasteiger partial charge in [-0.1, -0.05) is 13.3 Å². The van der Waals surface area contributed by atoms with Gasteiger partial charge < -0.3 is 4.98 Å². The Morgan fingerprint density at radius 3 is 3.05 bits per heavy atom.